The summed E-state index contributed by atoms with van der Waals surface area (Å²) in [6.07, 6.45) is 0.630. The fraction of sp³-hybridized carbons (Fsp3) is 0.529. The van der Waals surface area contributed by atoms with Gasteiger partial charge in [-0.05, 0) is 99.5 Å². The molecule has 4 fully saturated rings. The van der Waals surface area contributed by atoms with Gasteiger partial charge in [-0.25, -0.2) is 8.78 Å². The summed E-state index contributed by atoms with van der Waals surface area (Å²) in [6.45, 7) is 25.4. The van der Waals surface area contributed by atoms with E-state index in [1.54, 1.807) is 48.5 Å². The minimum atomic E-state index is -0.458. The number of pyridine rings is 2. The molecule has 2 aromatic heterocycles. The predicted octanol–water partition coefficient (Wildman–Crippen LogP) is 4.32. The van der Waals surface area contributed by atoms with E-state index in [0.717, 1.165) is 35.6 Å². The van der Waals surface area contributed by atoms with Gasteiger partial charge in [0.2, 0.25) is 11.8 Å². The zero-order chi connectivity index (χ0) is 63.8. The molecule has 0 unspecified atom stereocenters. The fourth-order valence-electron chi connectivity index (χ4n) is 14.0. The molecule has 11 rings (SSSR count). The van der Waals surface area contributed by atoms with Crippen LogP contribution in [0.5, 0.6) is 11.5 Å². The van der Waals surface area contributed by atoms with Crippen molar-refractivity contribution in [1.29, 1.82) is 0 Å². The number of anilines is 2. The van der Waals surface area contributed by atoms with Crippen molar-refractivity contribution in [3.05, 3.63) is 151 Å². The first-order valence-electron chi connectivity index (χ1n) is 31.9. The number of hydrogen-bond acceptors (Lipinski definition) is 14. The number of benzene rings is 3. The van der Waals surface area contributed by atoms with E-state index >= 15 is 0 Å². The molecule has 20 nitrogen and oxygen atoms in total. The quantitative estimate of drug-likeness (QED) is 0.0967. The average Bonchev–Trinajstić information content (AvgIpc) is 1.63. The SMILES string of the molecule is C[C@@H]1CN(CC(=O)N2CC(C)(C)c3[nH]c(=O)c(Cc4ccc(F)cc4)cc32)[C@@H](CN2CCN(C(=O)COc3ccc(OCC(=O)N4CCN(C[C@H]5CN[C@H](C)CN5CC(=O)N5CC(C)(C)c6[nH]c(=O)c(Cc7ccc(F)cc7)cc65)[C@H](C)C4)cc3)C[C@H]2C)CN1. The molecule has 6 aliphatic heterocycles. The van der Waals surface area contributed by atoms with Crippen LogP contribution in [0.2, 0.25) is 0 Å². The number of amides is 4. The summed E-state index contributed by atoms with van der Waals surface area (Å²) >= 11 is 0. The molecule has 22 heteroatoms. The fourth-order valence-corrected chi connectivity index (χ4v) is 14.0. The second-order valence-corrected chi connectivity index (χ2v) is 27.3. The molecule has 0 aliphatic carbocycles. The van der Waals surface area contributed by atoms with Crippen LogP contribution in [0.3, 0.4) is 0 Å². The molecular formula is C68H88F2N12O8. The van der Waals surface area contributed by atoms with Crippen molar-refractivity contribution in [2.75, 3.05) is 128 Å². The van der Waals surface area contributed by atoms with Crippen LogP contribution in [0, 0.1) is 11.6 Å². The standard InChI is InChI=1S/C68H88F2N12O8/c1-43-31-79(37-59(83)81-41-67(5,6)63-57(81)27-49(65(87)73-63)25-47-9-13-51(69)14-10-47)53(29-71-43)35-75-21-23-77(33-45(75)3)61(85)39-89-55-17-19-56(20-18-55)90-40-62(86)78-24-22-76(46(4)34-78)36-54-30-72-44(2)32-80(54)38-60(84)82-42-68(7,8)64-58(82)28-50(66(88)74-64)26-48-11-15-52(70)16-12-48/h9-20,27-28,43-46,53-54,71-72H,21-26,29-42H2,1-8H3,(H,73,87)(H,74,88)/t43-,44-,45-,46-,53-,54-/m1/s1. The normalized spacial score (nSPS) is 23.8. The van der Waals surface area contributed by atoms with E-state index in [4.69, 9.17) is 9.47 Å². The number of H-pyrrole nitrogens is 2. The summed E-state index contributed by atoms with van der Waals surface area (Å²) in [5, 5.41) is 7.23. The molecule has 4 amide bonds. The van der Waals surface area contributed by atoms with Crippen LogP contribution < -0.4 is 41.0 Å². The van der Waals surface area contributed by atoms with Gasteiger partial charge < -0.3 is 49.7 Å². The first-order chi connectivity index (χ1) is 42.9. The number of nitrogens with zero attached hydrogens (tertiary/aromatic N) is 8. The van der Waals surface area contributed by atoms with Crippen LogP contribution in [0.4, 0.5) is 20.2 Å². The number of halogens is 2. The number of aromatic nitrogens is 2. The van der Waals surface area contributed by atoms with Gasteiger partial charge in [0, 0.05) is 174 Å². The number of piperazine rings is 4. The lowest BCUT2D eigenvalue weighted by Crippen LogP contribution is -2.63. The average molecular weight is 1240 g/mol. The Bertz CT molecular complexity index is 3320. The summed E-state index contributed by atoms with van der Waals surface area (Å²) in [6, 6.07) is 23.4. The maximum absolute atomic E-state index is 14.4. The Morgan fingerprint density at radius 2 is 0.889 bits per heavy atom. The second-order valence-electron chi connectivity index (χ2n) is 27.3. The van der Waals surface area contributed by atoms with Crippen LogP contribution in [-0.4, -0.2) is 217 Å². The van der Waals surface area contributed by atoms with Crippen LogP contribution >= 0.6 is 0 Å². The molecule has 4 saturated heterocycles. The largest absolute Gasteiger partial charge is 0.484 e. The van der Waals surface area contributed by atoms with Crippen molar-refractivity contribution in [3.8, 4) is 11.5 Å². The summed E-state index contributed by atoms with van der Waals surface area (Å²) in [5.74, 6) is 0.0439. The highest BCUT2D eigenvalue weighted by atomic mass is 19.1. The third-order valence-electron chi connectivity index (χ3n) is 19.3. The van der Waals surface area contributed by atoms with Crippen LogP contribution in [0.1, 0.15) is 89.0 Å². The molecule has 0 radical (unpaired) electrons. The van der Waals surface area contributed by atoms with Crippen LogP contribution in [-0.2, 0) is 42.8 Å². The predicted molar refractivity (Wildman–Crippen MR) is 342 cm³/mol. The number of hydrogen-bond donors (Lipinski definition) is 4. The van der Waals surface area contributed by atoms with Gasteiger partial charge in [0.05, 0.1) is 24.5 Å². The second kappa shape index (κ2) is 26.9. The molecule has 0 bridgehead atoms. The summed E-state index contributed by atoms with van der Waals surface area (Å²) in [5.41, 5.74) is 4.21. The summed E-state index contributed by atoms with van der Waals surface area (Å²) < 4.78 is 39.3. The number of carbonyl (C=O) groups is 4. The van der Waals surface area contributed by atoms with Gasteiger partial charge in [-0.15, -0.1) is 0 Å². The van der Waals surface area contributed by atoms with Gasteiger partial charge in [0.15, 0.2) is 13.2 Å². The van der Waals surface area contributed by atoms with E-state index in [0.29, 0.717) is 125 Å². The van der Waals surface area contributed by atoms with Crippen molar-refractivity contribution in [3.63, 3.8) is 0 Å². The topological polar surface area (TPSA) is 202 Å². The lowest BCUT2D eigenvalue weighted by molar-refractivity contribution is -0.137. The van der Waals surface area contributed by atoms with E-state index in [1.165, 1.54) is 24.3 Å². The first kappa shape index (κ1) is 64.2. The number of aromatic amines is 2. The first-order valence-corrected chi connectivity index (χ1v) is 31.9. The zero-order valence-electron chi connectivity index (χ0n) is 53.3. The van der Waals surface area contributed by atoms with Gasteiger partial charge in [0.1, 0.15) is 23.1 Å². The van der Waals surface area contributed by atoms with Crippen molar-refractivity contribution in [2.24, 2.45) is 0 Å². The molecule has 0 saturated carbocycles. The molecule has 3 aromatic carbocycles. The molecule has 0 spiro atoms. The Kier molecular flexibility index (Phi) is 19.2. The monoisotopic (exact) mass is 1240 g/mol. The van der Waals surface area contributed by atoms with E-state index in [2.05, 4.69) is 67.9 Å². The summed E-state index contributed by atoms with van der Waals surface area (Å²) in [4.78, 5) is 105. The third-order valence-corrected chi connectivity index (χ3v) is 19.3. The van der Waals surface area contributed by atoms with Crippen molar-refractivity contribution in [2.45, 2.75) is 115 Å². The number of carbonyl (C=O) groups excluding carboxylic acids is 4. The van der Waals surface area contributed by atoms with E-state index in [1.807, 2.05) is 59.4 Å². The minimum absolute atomic E-state index is 0.0337. The highest BCUT2D eigenvalue weighted by Gasteiger charge is 2.44. The van der Waals surface area contributed by atoms with Gasteiger partial charge in [-0.2, -0.15) is 0 Å². The Morgan fingerprint density at radius 3 is 1.26 bits per heavy atom. The van der Waals surface area contributed by atoms with E-state index in [-0.39, 0.29) is 109 Å². The molecule has 6 atom stereocenters. The van der Waals surface area contributed by atoms with E-state index < -0.39 is 10.8 Å². The molecule has 90 heavy (non-hydrogen) atoms. The lowest BCUT2D eigenvalue weighted by Gasteiger charge is -2.45. The molecular weight excluding hydrogens is 1150 g/mol. The van der Waals surface area contributed by atoms with Gasteiger partial charge in [-0.1, -0.05) is 52.0 Å². The van der Waals surface area contributed by atoms with Gasteiger partial charge >= 0.3 is 0 Å². The lowest BCUT2D eigenvalue weighted by atomic mass is 9.91. The minimum Gasteiger partial charge on any atom is -0.484 e. The molecule has 482 valence electrons. The summed E-state index contributed by atoms with van der Waals surface area (Å²) in [7, 11) is 0. The van der Waals surface area contributed by atoms with E-state index in [9.17, 15) is 37.5 Å². The number of rotatable bonds is 18. The highest BCUT2D eigenvalue weighted by Crippen LogP contribution is 2.41. The number of fused-ring (bicyclic) bond motifs is 2. The molecule has 8 heterocycles. The Labute approximate surface area is 525 Å². The van der Waals surface area contributed by atoms with Gasteiger partial charge in [0.25, 0.3) is 22.9 Å². The molecule has 6 aliphatic rings. The number of ether oxygens (including phenoxy) is 2. The van der Waals surface area contributed by atoms with Crippen LogP contribution in [0.15, 0.2) is 94.5 Å². The Morgan fingerprint density at radius 1 is 0.511 bits per heavy atom. The maximum atomic E-state index is 14.4. The highest BCUT2D eigenvalue weighted by molar-refractivity contribution is 5.98. The maximum Gasteiger partial charge on any atom is 0.260 e. The van der Waals surface area contributed by atoms with Crippen LogP contribution in [0.25, 0.3) is 0 Å². The number of nitrogens with one attached hydrogen (secondary N) is 4. The smallest absolute Gasteiger partial charge is 0.260 e. The van der Waals surface area contributed by atoms with Crippen molar-refractivity contribution >= 4 is 35.0 Å². The van der Waals surface area contributed by atoms with Crippen molar-refractivity contribution < 1.29 is 37.4 Å². The zero-order valence-corrected chi connectivity index (χ0v) is 53.3. The Hall–Kier alpha value is -7.34. The van der Waals surface area contributed by atoms with Gasteiger partial charge in [-0.3, -0.25) is 48.4 Å². The third kappa shape index (κ3) is 14.7. The van der Waals surface area contributed by atoms with Crippen molar-refractivity contribution in [1.82, 2.24) is 50.0 Å². The molecule has 4 N–H and O–H groups in total. The Balaban J connectivity index is 0.611. The molecule has 5 aromatic rings.